The molecule has 0 bridgehead atoms. The smallest absolute Gasteiger partial charge is 0.317 e. The normalized spacial score (nSPS) is 25.4. The monoisotopic (exact) mass is 268 g/mol. The van der Waals surface area contributed by atoms with Crippen LogP contribution in [0.1, 0.15) is 39.0 Å². The summed E-state index contributed by atoms with van der Waals surface area (Å²) in [6.45, 7) is 3.78. The first-order valence-corrected chi connectivity index (χ1v) is 7.18. The molecule has 0 aromatic carbocycles. The Hall–Kier alpha value is -1.30. The zero-order valence-electron chi connectivity index (χ0n) is 11.6. The first-order chi connectivity index (χ1) is 9.05. The lowest BCUT2D eigenvalue weighted by Gasteiger charge is -2.25. The van der Waals surface area contributed by atoms with E-state index in [2.05, 4.69) is 10.6 Å². The summed E-state index contributed by atoms with van der Waals surface area (Å²) in [7, 11) is 0. The Morgan fingerprint density at radius 2 is 2.05 bits per heavy atom. The summed E-state index contributed by atoms with van der Waals surface area (Å²) in [5.74, 6) is -0.0484. The van der Waals surface area contributed by atoms with Crippen molar-refractivity contribution in [3.63, 3.8) is 0 Å². The van der Waals surface area contributed by atoms with Crippen molar-refractivity contribution < 1.29 is 9.59 Å². The topological polar surface area (TPSA) is 87.5 Å². The summed E-state index contributed by atoms with van der Waals surface area (Å²) in [5, 5.41) is 5.78. The summed E-state index contributed by atoms with van der Waals surface area (Å²) in [5.41, 5.74) is 5.44. The molecule has 1 aliphatic carbocycles. The fraction of sp³-hybridized carbons (Fsp3) is 0.846. The predicted molar refractivity (Wildman–Crippen MR) is 72.6 cm³/mol. The molecule has 1 atom stereocenters. The maximum Gasteiger partial charge on any atom is 0.317 e. The van der Waals surface area contributed by atoms with Crippen LogP contribution in [0.2, 0.25) is 0 Å². The Morgan fingerprint density at radius 3 is 2.68 bits per heavy atom. The van der Waals surface area contributed by atoms with E-state index in [4.69, 9.17) is 5.73 Å². The van der Waals surface area contributed by atoms with E-state index in [1.807, 2.05) is 6.92 Å². The second-order valence-corrected chi connectivity index (χ2v) is 5.60. The number of nitrogens with one attached hydrogen (secondary N) is 2. The molecule has 1 aliphatic heterocycles. The molecule has 108 valence electrons. The molecule has 2 rings (SSSR count). The van der Waals surface area contributed by atoms with Crippen molar-refractivity contribution in [3.05, 3.63) is 0 Å². The van der Waals surface area contributed by atoms with Crippen LogP contribution in [0.5, 0.6) is 0 Å². The van der Waals surface area contributed by atoms with Crippen LogP contribution < -0.4 is 16.4 Å². The highest BCUT2D eigenvalue weighted by Gasteiger charge is 2.39. The number of carbonyl (C=O) groups excluding carboxylic acids is 2. The van der Waals surface area contributed by atoms with Gasteiger partial charge in [0.1, 0.15) is 0 Å². The minimum Gasteiger partial charge on any atom is -0.350 e. The summed E-state index contributed by atoms with van der Waals surface area (Å²) < 4.78 is 0. The Bertz CT molecular complexity index is 353. The van der Waals surface area contributed by atoms with E-state index in [-0.39, 0.29) is 18.0 Å². The number of amides is 3. The highest BCUT2D eigenvalue weighted by Crippen LogP contribution is 2.27. The number of urea groups is 1. The van der Waals surface area contributed by atoms with Crippen LogP contribution in [0.25, 0.3) is 0 Å². The predicted octanol–water partition coefficient (Wildman–Crippen LogP) is 0.178. The van der Waals surface area contributed by atoms with Gasteiger partial charge in [0.2, 0.25) is 5.91 Å². The molecule has 4 N–H and O–H groups in total. The number of hydrogen-bond donors (Lipinski definition) is 3. The highest BCUT2D eigenvalue weighted by molar-refractivity contribution is 5.86. The van der Waals surface area contributed by atoms with Gasteiger partial charge in [-0.25, -0.2) is 4.79 Å². The average molecular weight is 268 g/mol. The molecular formula is C13H24N4O2. The number of rotatable bonds is 3. The summed E-state index contributed by atoms with van der Waals surface area (Å²) in [6.07, 6.45) is 4.40. The minimum atomic E-state index is -0.681. The van der Waals surface area contributed by atoms with Gasteiger partial charge in [0.05, 0.1) is 5.54 Å². The standard InChI is InChI=1S/C13H24N4O2/c1-2-15-12(19)17-8-5-10(9-17)16-11(18)13(14)6-3-4-7-13/h10H,2-9,14H2,1H3,(H,15,19)(H,16,18). The lowest BCUT2D eigenvalue weighted by molar-refractivity contribution is -0.126. The summed E-state index contributed by atoms with van der Waals surface area (Å²) >= 11 is 0. The molecule has 6 heteroatoms. The molecule has 0 spiro atoms. The molecular weight excluding hydrogens is 244 g/mol. The van der Waals surface area contributed by atoms with Gasteiger partial charge >= 0.3 is 6.03 Å². The van der Waals surface area contributed by atoms with Crippen LogP contribution in [0.15, 0.2) is 0 Å². The fourth-order valence-electron chi connectivity index (χ4n) is 2.89. The van der Waals surface area contributed by atoms with Gasteiger partial charge in [0.15, 0.2) is 0 Å². The van der Waals surface area contributed by atoms with Gasteiger partial charge in [-0.2, -0.15) is 0 Å². The van der Waals surface area contributed by atoms with Gasteiger partial charge in [0.25, 0.3) is 0 Å². The Balaban J connectivity index is 1.81. The Kier molecular flexibility index (Phi) is 4.29. The van der Waals surface area contributed by atoms with Gasteiger partial charge in [-0.3, -0.25) is 4.79 Å². The van der Waals surface area contributed by atoms with Crippen molar-refractivity contribution in [2.45, 2.75) is 50.6 Å². The summed E-state index contributed by atoms with van der Waals surface area (Å²) in [4.78, 5) is 25.6. The minimum absolute atomic E-state index is 0.0381. The molecule has 3 amide bonds. The van der Waals surface area contributed by atoms with Crippen LogP contribution in [-0.4, -0.2) is 48.1 Å². The maximum absolute atomic E-state index is 12.2. The quantitative estimate of drug-likeness (QED) is 0.682. The van der Waals surface area contributed by atoms with Crippen molar-refractivity contribution in [1.82, 2.24) is 15.5 Å². The van der Waals surface area contributed by atoms with E-state index in [1.165, 1.54) is 0 Å². The molecule has 0 radical (unpaired) electrons. The van der Waals surface area contributed by atoms with E-state index in [1.54, 1.807) is 4.90 Å². The van der Waals surface area contributed by atoms with E-state index in [0.717, 1.165) is 32.1 Å². The zero-order valence-corrected chi connectivity index (χ0v) is 11.6. The number of hydrogen-bond acceptors (Lipinski definition) is 3. The molecule has 0 aromatic heterocycles. The molecule has 19 heavy (non-hydrogen) atoms. The first-order valence-electron chi connectivity index (χ1n) is 7.18. The van der Waals surface area contributed by atoms with Gasteiger partial charge in [-0.1, -0.05) is 12.8 Å². The van der Waals surface area contributed by atoms with Gasteiger partial charge in [0, 0.05) is 25.7 Å². The fourth-order valence-corrected chi connectivity index (χ4v) is 2.89. The van der Waals surface area contributed by atoms with Crippen LogP contribution in [-0.2, 0) is 4.79 Å². The van der Waals surface area contributed by atoms with Gasteiger partial charge in [-0.05, 0) is 26.2 Å². The molecule has 2 fully saturated rings. The third-order valence-corrected chi connectivity index (χ3v) is 4.09. The van der Waals surface area contributed by atoms with Crippen molar-refractivity contribution in [2.24, 2.45) is 5.73 Å². The third-order valence-electron chi connectivity index (χ3n) is 4.09. The molecule has 1 unspecified atom stereocenters. The lowest BCUT2D eigenvalue weighted by atomic mass is 9.97. The number of carbonyl (C=O) groups is 2. The largest absolute Gasteiger partial charge is 0.350 e. The van der Waals surface area contributed by atoms with E-state index in [0.29, 0.717) is 19.6 Å². The summed E-state index contributed by atoms with van der Waals surface area (Å²) in [6, 6.07) is -0.0151. The number of likely N-dealkylation sites (tertiary alicyclic amines) is 1. The molecule has 0 aromatic rings. The third kappa shape index (κ3) is 3.18. The van der Waals surface area contributed by atoms with E-state index >= 15 is 0 Å². The van der Waals surface area contributed by atoms with Crippen LogP contribution >= 0.6 is 0 Å². The Labute approximate surface area is 114 Å². The number of nitrogens with two attached hydrogens (primary N) is 1. The van der Waals surface area contributed by atoms with Crippen LogP contribution in [0, 0.1) is 0 Å². The maximum atomic E-state index is 12.2. The van der Waals surface area contributed by atoms with Crippen LogP contribution in [0.4, 0.5) is 4.79 Å². The second-order valence-electron chi connectivity index (χ2n) is 5.60. The molecule has 1 heterocycles. The average Bonchev–Trinajstić information content (AvgIpc) is 2.99. The first kappa shape index (κ1) is 14.1. The van der Waals surface area contributed by atoms with Crippen molar-refractivity contribution in [1.29, 1.82) is 0 Å². The molecule has 1 saturated heterocycles. The van der Waals surface area contributed by atoms with Crippen molar-refractivity contribution >= 4 is 11.9 Å². The molecule has 2 aliphatic rings. The van der Waals surface area contributed by atoms with Crippen LogP contribution in [0.3, 0.4) is 0 Å². The van der Waals surface area contributed by atoms with Crippen molar-refractivity contribution in [2.75, 3.05) is 19.6 Å². The van der Waals surface area contributed by atoms with E-state index < -0.39 is 5.54 Å². The highest BCUT2D eigenvalue weighted by atomic mass is 16.2. The van der Waals surface area contributed by atoms with Gasteiger partial charge < -0.3 is 21.3 Å². The lowest BCUT2D eigenvalue weighted by Crippen LogP contribution is -2.55. The van der Waals surface area contributed by atoms with Gasteiger partial charge in [-0.15, -0.1) is 0 Å². The SMILES string of the molecule is CCNC(=O)N1CCC(NC(=O)C2(N)CCCC2)C1. The zero-order chi connectivity index (χ0) is 13.9. The number of nitrogens with zero attached hydrogens (tertiary/aromatic N) is 1. The molecule has 1 saturated carbocycles. The van der Waals surface area contributed by atoms with E-state index in [9.17, 15) is 9.59 Å². The second kappa shape index (κ2) is 5.77. The molecule has 6 nitrogen and oxygen atoms in total. The Morgan fingerprint density at radius 1 is 1.37 bits per heavy atom. The van der Waals surface area contributed by atoms with Crippen molar-refractivity contribution in [3.8, 4) is 0 Å².